The molecule has 104 valence electrons. The third kappa shape index (κ3) is 3.80. The zero-order valence-electron chi connectivity index (χ0n) is 11.1. The predicted molar refractivity (Wildman–Crippen MR) is 78.4 cm³/mol. The highest BCUT2D eigenvalue weighted by Gasteiger charge is 2.19. The van der Waals surface area contributed by atoms with Crippen molar-refractivity contribution in [3.8, 4) is 0 Å². The summed E-state index contributed by atoms with van der Waals surface area (Å²) in [5.41, 5.74) is 2.15. The SMILES string of the molecule is CCCNC(C1=COCCC1)c1ccc(Br)c(F)c1. The van der Waals surface area contributed by atoms with E-state index in [4.69, 9.17) is 4.74 Å². The topological polar surface area (TPSA) is 21.3 Å². The number of halogens is 2. The second-order valence-corrected chi connectivity index (χ2v) is 5.58. The van der Waals surface area contributed by atoms with Gasteiger partial charge in [-0.2, -0.15) is 0 Å². The molecular weight excluding hydrogens is 309 g/mol. The number of hydrogen-bond donors (Lipinski definition) is 1. The lowest BCUT2D eigenvalue weighted by Crippen LogP contribution is -2.25. The summed E-state index contributed by atoms with van der Waals surface area (Å²) >= 11 is 3.19. The fourth-order valence-corrected chi connectivity index (χ4v) is 2.49. The number of benzene rings is 1. The average Bonchev–Trinajstić information content (AvgIpc) is 2.44. The molecule has 4 heteroatoms. The Labute approximate surface area is 122 Å². The van der Waals surface area contributed by atoms with E-state index >= 15 is 0 Å². The number of hydrogen-bond acceptors (Lipinski definition) is 2. The molecule has 1 heterocycles. The summed E-state index contributed by atoms with van der Waals surface area (Å²) in [6.07, 6.45) is 4.90. The maximum absolute atomic E-state index is 13.7. The van der Waals surface area contributed by atoms with Crippen LogP contribution in [0.1, 0.15) is 37.8 Å². The summed E-state index contributed by atoms with van der Waals surface area (Å²) < 4.78 is 19.6. The van der Waals surface area contributed by atoms with Gasteiger partial charge >= 0.3 is 0 Å². The van der Waals surface area contributed by atoms with Gasteiger partial charge in [-0.3, -0.25) is 0 Å². The fourth-order valence-electron chi connectivity index (χ4n) is 2.24. The fraction of sp³-hybridized carbons (Fsp3) is 0.467. The van der Waals surface area contributed by atoms with Crippen molar-refractivity contribution in [3.63, 3.8) is 0 Å². The van der Waals surface area contributed by atoms with Crippen LogP contribution in [0.5, 0.6) is 0 Å². The van der Waals surface area contributed by atoms with Crippen LogP contribution in [0.2, 0.25) is 0 Å². The van der Waals surface area contributed by atoms with Crippen molar-refractivity contribution < 1.29 is 9.13 Å². The van der Waals surface area contributed by atoms with Gasteiger partial charge in [-0.15, -0.1) is 0 Å². The van der Waals surface area contributed by atoms with E-state index in [0.717, 1.165) is 38.0 Å². The molecule has 1 aromatic carbocycles. The van der Waals surface area contributed by atoms with Crippen LogP contribution < -0.4 is 5.32 Å². The van der Waals surface area contributed by atoms with Gasteiger partial charge in [0.15, 0.2) is 0 Å². The quantitative estimate of drug-likeness (QED) is 0.869. The molecular formula is C15H19BrFNO. The molecule has 19 heavy (non-hydrogen) atoms. The van der Waals surface area contributed by atoms with E-state index in [9.17, 15) is 4.39 Å². The minimum absolute atomic E-state index is 0.0443. The minimum atomic E-state index is -0.224. The lowest BCUT2D eigenvalue weighted by atomic mass is 9.95. The number of ether oxygens (including phenoxy) is 1. The maximum Gasteiger partial charge on any atom is 0.137 e. The van der Waals surface area contributed by atoms with E-state index in [-0.39, 0.29) is 11.9 Å². The molecule has 0 aromatic heterocycles. The predicted octanol–water partition coefficient (Wildman–Crippen LogP) is 4.32. The molecule has 0 saturated heterocycles. The van der Waals surface area contributed by atoms with Crippen LogP contribution in [0, 0.1) is 5.82 Å². The molecule has 0 spiro atoms. The molecule has 1 aromatic rings. The first-order chi connectivity index (χ1) is 9.22. The van der Waals surface area contributed by atoms with E-state index in [1.165, 1.54) is 5.57 Å². The third-order valence-corrected chi connectivity index (χ3v) is 3.85. The zero-order chi connectivity index (χ0) is 13.7. The second kappa shape index (κ2) is 7.06. The van der Waals surface area contributed by atoms with Crippen LogP contribution in [0.4, 0.5) is 4.39 Å². The van der Waals surface area contributed by atoms with Crippen LogP contribution in [0.3, 0.4) is 0 Å². The summed E-state index contributed by atoms with van der Waals surface area (Å²) in [5.74, 6) is -0.224. The zero-order valence-corrected chi connectivity index (χ0v) is 12.7. The monoisotopic (exact) mass is 327 g/mol. The normalized spacial score (nSPS) is 16.7. The van der Waals surface area contributed by atoms with Crippen LogP contribution in [0.15, 0.2) is 34.5 Å². The second-order valence-electron chi connectivity index (χ2n) is 4.73. The van der Waals surface area contributed by atoms with Gasteiger partial charge in [0, 0.05) is 0 Å². The highest BCUT2D eigenvalue weighted by molar-refractivity contribution is 9.10. The van der Waals surface area contributed by atoms with Crippen molar-refractivity contribution in [1.82, 2.24) is 5.32 Å². The molecule has 0 aliphatic carbocycles. The van der Waals surface area contributed by atoms with E-state index in [0.29, 0.717) is 4.47 Å². The standard InChI is InChI=1S/C15H19BrFNO/c1-2-7-18-15(12-4-3-8-19-10-12)11-5-6-13(16)14(17)9-11/h5-6,9-10,15,18H,2-4,7-8H2,1H3. The van der Waals surface area contributed by atoms with E-state index < -0.39 is 0 Å². The van der Waals surface area contributed by atoms with E-state index in [1.807, 2.05) is 12.3 Å². The summed E-state index contributed by atoms with van der Waals surface area (Å²) in [7, 11) is 0. The molecule has 2 nitrogen and oxygen atoms in total. The van der Waals surface area contributed by atoms with E-state index in [2.05, 4.69) is 28.2 Å². The molecule has 2 rings (SSSR count). The molecule has 1 N–H and O–H groups in total. The molecule has 0 fully saturated rings. The lowest BCUT2D eigenvalue weighted by Gasteiger charge is -2.25. The van der Waals surface area contributed by atoms with Gasteiger partial charge in [0.2, 0.25) is 0 Å². The van der Waals surface area contributed by atoms with Crippen molar-refractivity contribution >= 4 is 15.9 Å². The Hall–Kier alpha value is -0.870. The highest BCUT2D eigenvalue weighted by atomic mass is 79.9. The molecule has 1 atom stereocenters. The summed E-state index contributed by atoms with van der Waals surface area (Å²) in [6.45, 7) is 3.80. The van der Waals surface area contributed by atoms with Crippen molar-refractivity contribution in [3.05, 3.63) is 45.9 Å². The Kier molecular flexibility index (Phi) is 5.40. The van der Waals surface area contributed by atoms with Crippen LogP contribution in [-0.2, 0) is 4.74 Å². The number of rotatable bonds is 5. The molecule has 0 saturated carbocycles. The molecule has 1 aliphatic rings. The van der Waals surface area contributed by atoms with Gasteiger partial charge in [0.1, 0.15) is 5.82 Å². The first-order valence-electron chi connectivity index (χ1n) is 6.71. The van der Waals surface area contributed by atoms with Gasteiger partial charge in [-0.05, 0) is 65.0 Å². The van der Waals surface area contributed by atoms with Crippen molar-refractivity contribution in [2.75, 3.05) is 13.2 Å². The summed E-state index contributed by atoms with van der Waals surface area (Å²) in [5, 5.41) is 3.47. The largest absolute Gasteiger partial charge is 0.501 e. The molecule has 1 unspecified atom stereocenters. The third-order valence-electron chi connectivity index (χ3n) is 3.21. The molecule has 0 amide bonds. The van der Waals surface area contributed by atoms with Gasteiger partial charge in [0.05, 0.1) is 23.4 Å². The first-order valence-corrected chi connectivity index (χ1v) is 7.50. The summed E-state index contributed by atoms with van der Waals surface area (Å²) in [4.78, 5) is 0. The Balaban J connectivity index is 2.25. The maximum atomic E-state index is 13.7. The molecule has 0 bridgehead atoms. The van der Waals surface area contributed by atoms with Crippen molar-refractivity contribution in [2.24, 2.45) is 0 Å². The van der Waals surface area contributed by atoms with Gasteiger partial charge < -0.3 is 10.1 Å². The number of nitrogens with one attached hydrogen (secondary N) is 1. The van der Waals surface area contributed by atoms with Gasteiger partial charge in [0.25, 0.3) is 0 Å². The van der Waals surface area contributed by atoms with Crippen molar-refractivity contribution in [1.29, 1.82) is 0 Å². The highest BCUT2D eigenvalue weighted by Crippen LogP contribution is 2.29. The van der Waals surface area contributed by atoms with Crippen LogP contribution >= 0.6 is 15.9 Å². The Morgan fingerprint density at radius 3 is 2.95 bits per heavy atom. The van der Waals surface area contributed by atoms with Gasteiger partial charge in [-0.25, -0.2) is 4.39 Å². The van der Waals surface area contributed by atoms with Crippen molar-refractivity contribution in [2.45, 2.75) is 32.2 Å². The first kappa shape index (κ1) is 14.5. The minimum Gasteiger partial charge on any atom is -0.501 e. The lowest BCUT2D eigenvalue weighted by molar-refractivity contribution is 0.219. The van der Waals surface area contributed by atoms with Crippen LogP contribution in [0.25, 0.3) is 0 Å². The smallest absolute Gasteiger partial charge is 0.137 e. The average molecular weight is 328 g/mol. The Morgan fingerprint density at radius 2 is 2.32 bits per heavy atom. The van der Waals surface area contributed by atoms with E-state index in [1.54, 1.807) is 12.1 Å². The van der Waals surface area contributed by atoms with Crippen LogP contribution in [-0.4, -0.2) is 13.2 Å². The molecule has 1 aliphatic heterocycles. The Bertz CT molecular complexity index is 461. The summed E-state index contributed by atoms with van der Waals surface area (Å²) in [6, 6.07) is 5.35. The Morgan fingerprint density at radius 1 is 1.47 bits per heavy atom. The van der Waals surface area contributed by atoms with Gasteiger partial charge in [-0.1, -0.05) is 13.0 Å². The molecule has 0 radical (unpaired) electrons.